The molecule has 0 atom stereocenters. The van der Waals surface area contributed by atoms with Gasteiger partial charge in [0, 0.05) is 68.8 Å². The Morgan fingerprint density at radius 3 is 2.19 bits per heavy atom. The third-order valence-electron chi connectivity index (χ3n) is 6.99. The predicted molar refractivity (Wildman–Crippen MR) is 143 cm³/mol. The molecule has 0 aromatic heterocycles. The molecule has 0 unspecified atom stereocenters. The molecule has 1 N–H and O–H groups in total. The van der Waals surface area contributed by atoms with Crippen LogP contribution in [0.25, 0.3) is 0 Å². The lowest BCUT2D eigenvalue weighted by molar-refractivity contribution is -0.384. The Morgan fingerprint density at radius 2 is 1.53 bits per heavy atom. The fourth-order valence-electron chi connectivity index (χ4n) is 5.00. The van der Waals surface area contributed by atoms with E-state index in [0.29, 0.717) is 11.4 Å². The zero-order valence-electron chi connectivity index (χ0n) is 20.3. The molecular formula is C28H31N5O3. The second kappa shape index (κ2) is 10.8. The van der Waals surface area contributed by atoms with Crippen LogP contribution in [0, 0.1) is 10.1 Å². The summed E-state index contributed by atoms with van der Waals surface area (Å²) in [6, 6.07) is 23.1. The van der Waals surface area contributed by atoms with E-state index in [4.69, 9.17) is 0 Å². The Hall–Kier alpha value is -3.91. The van der Waals surface area contributed by atoms with Crippen LogP contribution in [-0.4, -0.2) is 55.0 Å². The standard InChI is InChI=1S/C28H31N5O3/c34-28(23-8-13-26(27(20-23)33(35)36)32-14-4-5-15-32)29-24-9-11-25(12-10-24)31-18-16-30(17-19-31)21-22-6-2-1-3-7-22/h1-3,6-13,20H,4-5,14-19,21H2,(H,29,34). The fourth-order valence-corrected chi connectivity index (χ4v) is 5.00. The van der Waals surface area contributed by atoms with Crippen molar-refractivity contribution in [3.63, 3.8) is 0 Å². The summed E-state index contributed by atoms with van der Waals surface area (Å²) in [6.07, 6.45) is 2.05. The molecule has 2 aliphatic heterocycles. The molecule has 2 aliphatic rings. The van der Waals surface area contributed by atoms with E-state index in [1.54, 1.807) is 12.1 Å². The van der Waals surface area contributed by atoms with Gasteiger partial charge in [-0.15, -0.1) is 0 Å². The van der Waals surface area contributed by atoms with Crippen LogP contribution in [0.5, 0.6) is 0 Å². The van der Waals surface area contributed by atoms with E-state index in [0.717, 1.165) is 64.3 Å². The highest BCUT2D eigenvalue weighted by Gasteiger charge is 2.24. The summed E-state index contributed by atoms with van der Waals surface area (Å²) in [6.45, 7) is 6.48. The van der Waals surface area contributed by atoms with E-state index >= 15 is 0 Å². The van der Waals surface area contributed by atoms with Crippen LogP contribution >= 0.6 is 0 Å². The monoisotopic (exact) mass is 485 g/mol. The Morgan fingerprint density at radius 1 is 0.833 bits per heavy atom. The molecule has 186 valence electrons. The van der Waals surface area contributed by atoms with Gasteiger partial charge in [0.1, 0.15) is 5.69 Å². The lowest BCUT2D eigenvalue weighted by atomic mass is 10.1. The molecule has 0 bridgehead atoms. The van der Waals surface area contributed by atoms with Gasteiger partial charge >= 0.3 is 0 Å². The molecule has 2 heterocycles. The zero-order chi connectivity index (χ0) is 24.9. The summed E-state index contributed by atoms with van der Waals surface area (Å²) >= 11 is 0. The van der Waals surface area contributed by atoms with Crippen molar-refractivity contribution in [3.8, 4) is 0 Å². The minimum atomic E-state index is -0.404. The Balaban J connectivity index is 1.18. The summed E-state index contributed by atoms with van der Waals surface area (Å²) in [5.74, 6) is -0.353. The second-order valence-corrected chi connectivity index (χ2v) is 9.40. The second-order valence-electron chi connectivity index (χ2n) is 9.40. The van der Waals surface area contributed by atoms with Gasteiger partial charge in [-0.25, -0.2) is 0 Å². The highest BCUT2D eigenvalue weighted by atomic mass is 16.6. The zero-order valence-corrected chi connectivity index (χ0v) is 20.3. The van der Waals surface area contributed by atoms with Crippen LogP contribution in [0.4, 0.5) is 22.7 Å². The third-order valence-corrected chi connectivity index (χ3v) is 6.99. The van der Waals surface area contributed by atoms with Crippen LogP contribution < -0.4 is 15.1 Å². The molecule has 2 fully saturated rings. The number of nitro benzene ring substituents is 1. The molecule has 0 spiro atoms. The normalized spacial score (nSPS) is 16.2. The molecule has 8 heteroatoms. The van der Waals surface area contributed by atoms with Crippen LogP contribution in [0.1, 0.15) is 28.8 Å². The number of hydrogen-bond acceptors (Lipinski definition) is 6. The highest BCUT2D eigenvalue weighted by Crippen LogP contribution is 2.32. The number of hydrogen-bond donors (Lipinski definition) is 1. The van der Waals surface area contributed by atoms with Crippen LogP contribution in [0.2, 0.25) is 0 Å². The van der Waals surface area contributed by atoms with Gasteiger partial charge in [-0.2, -0.15) is 0 Å². The SMILES string of the molecule is O=C(Nc1ccc(N2CCN(Cc3ccccc3)CC2)cc1)c1ccc(N2CCCC2)c([N+](=O)[O-])c1. The van der Waals surface area contributed by atoms with Crippen molar-refractivity contribution in [1.82, 2.24) is 4.90 Å². The number of piperazine rings is 1. The van der Waals surface area contributed by atoms with Gasteiger partial charge in [-0.3, -0.25) is 19.8 Å². The topological polar surface area (TPSA) is 82.0 Å². The molecular weight excluding hydrogens is 454 g/mol. The number of anilines is 3. The van der Waals surface area contributed by atoms with E-state index in [1.807, 2.05) is 35.2 Å². The summed E-state index contributed by atoms with van der Waals surface area (Å²) in [4.78, 5) is 30.9. The van der Waals surface area contributed by atoms with E-state index in [-0.39, 0.29) is 17.2 Å². The van der Waals surface area contributed by atoms with Crippen LogP contribution in [-0.2, 0) is 6.54 Å². The number of nitro groups is 1. The first-order valence-electron chi connectivity index (χ1n) is 12.5. The maximum atomic E-state index is 12.8. The molecule has 0 saturated carbocycles. The predicted octanol–water partition coefficient (Wildman–Crippen LogP) is 4.77. The van der Waals surface area contributed by atoms with Crippen molar-refractivity contribution in [3.05, 3.63) is 94.0 Å². The molecule has 8 nitrogen and oxygen atoms in total. The van der Waals surface area contributed by atoms with Gasteiger partial charge in [-0.1, -0.05) is 30.3 Å². The average Bonchev–Trinajstić information content (AvgIpc) is 3.45. The maximum absolute atomic E-state index is 12.8. The Labute approximate surface area is 211 Å². The van der Waals surface area contributed by atoms with E-state index in [9.17, 15) is 14.9 Å². The number of carbonyl (C=O) groups excluding carboxylic acids is 1. The smallest absolute Gasteiger partial charge is 0.293 e. The molecule has 36 heavy (non-hydrogen) atoms. The van der Waals surface area contributed by atoms with Gasteiger partial charge in [0.2, 0.25) is 0 Å². The minimum absolute atomic E-state index is 0.0219. The first-order chi connectivity index (χ1) is 17.6. The number of benzene rings is 3. The number of nitrogens with one attached hydrogen (secondary N) is 1. The van der Waals surface area contributed by atoms with Gasteiger partial charge in [0.15, 0.2) is 0 Å². The van der Waals surface area contributed by atoms with Crippen LogP contribution in [0.3, 0.4) is 0 Å². The first kappa shape index (κ1) is 23.8. The lowest BCUT2D eigenvalue weighted by Gasteiger charge is -2.36. The highest BCUT2D eigenvalue weighted by molar-refractivity contribution is 6.05. The van der Waals surface area contributed by atoms with Gasteiger partial charge < -0.3 is 15.1 Å². The molecule has 0 radical (unpaired) electrons. The van der Waals surface area contributed by atoms with Crippen molar-refractivity contribution in [2.75, 3.05) is 54.4 Å². The lowest BCUT2D eigenvalue weighted by Crippen LogP contribution is -2.45. The number of amides is 1. The fraction of sp³-hybridized carbons (Fsp3) is 0.321. The van der Waals surface area contributed by atoms with Crippen molar-refractivity contribution in [2.24, 2.45) is 0 Å². The third kappa shape index (κ3) is 5.49. The first-order valence-corrected chi connectivity index (χ1v) is 12.5. The number of nitrogens with zero attached hydrogens (tertiary/aromatic N) is 4. The summed E-state index contributed by atoms with van der Waals surface area (Å²) < 4.78 is 0. The van der Waals surface area contributed by atoms with Gasteiger partial charge in [0.25, 0.3) is 11.6 Å². The van der Waals surface area contributed by atoms with Crippen molar-refractivity contribution < 1.29 is 9.72 Å². The number of carbonyl (C=O) groups is 1. The summed E-state index contributed by atoms with van der Waals surface area (Å²) in [5, 5.41) is 14.5. The van der Waals surface area contributed by atoms with Crippen molar-refractivity contribution >= 4 is 28.7 Å². The minimum Gasteiger partial charge on any atom is -0.369 e. The van der Waals surface area contributed by atoms with Gasteiger partial charge in [0.05, 0.1) is 4.92 Å². The number of rotatable bonds is 7. The molecule has 3 aromatic carbocycles. The quantitative estimate of drug-likeness (QED) is 0.384. The largest absolute Gasteiger partial charge is 0.369 e. The van der Waals surface area contributed by atoms with E-state index in [1.165, 1.54) is 11.6 Å². The van der Waals surface area contributed by atoms with E-state index < -0.39 is 4.92 Å². The van der Waals surface area contributed by atoms with E-state index in [2.05, 4.69) is 39.4 Å². The Bertz CT molecular complexity index is 1200. The van der Waals surface area contributed by atoms with Crippen molar-refractivity contribution in [1.29, 1.82) is 0 Å². The van der Waals surface area contributed by atoms with Crippen LogP contribution in [0.15, 0.2) is 72.8 Å². The van der Waals surface area contributed by atoms with Gasteiger partial charge in [-0.05, 0) is 54.8 Å². The molecule has 0 aliphatic carbocycles. The molecule has 3 aromatic rings. The molecule has 1 amide bonds. The molecule has 5 rings (SSSR count). The molecule has 2 saturated heterocycles. The summed E-state index contributed by atoms with van der Waals surface area (Å²) in [7, 11) is 0. The Kier molecular flexibility index (Phi) is 7.13. The van der Waals surface area contributed by atoms with Crippen molar-refractivity contribution in [2.45, 2.75) is 19.4 Å². The maximum Gasteiger partial charge on any atom is 0.293 e. The summed E-state index contributed by atoms with van der Waals surface area (Å²) in [5.41, 5.74) is 3.97. The average molecular weight is 486 g/mol.